The van der Waals surface area contributed by atoms with Gasteiger partial charge in [0.25, 0.3) is 5.91 Å². The number of carbonyl (C=O) groups is 3. The third kappa shape index (κ3) is 3.80. The van der Waals surface area contributed by atoms with Gasteiger partial charge in [0.15, 0.2) is 6.61 Å². The first-order chi connectivity index (χ1) is 11.4. The average molecular weight is 334 g/mol. The summed E-state index contributed by atoms with van der Waals surface area (Å²) in [5.74, 6) is -1.37. The molecule has 0 aliphatic rings. The molecule has 1 aromatic carbocycles. The molecule has 0 unspecified atom stereocenters. The summed E-state index contributed by atoms with van der Waals surface area (Å²) in [4.78, 5) is 46.1. The molecule has 9 heteroatoms. The van der Waals surface area contributed by atoms with Crippen molar-refractivity contribution in [3.8, 4) is 0 Å². The molecule has 2 rings (SSSR count). The Kier molecular flexibility index (Phi) is 5.35. The van der Waals surface area contributed by atoms with E-state index in [1.165, 1.54) is 16.2 Å². The summed E-state index contributed by atoms with van der Waals surface area (Å²) in [5.41, 5.74) is 1.25. The summed E-state index contributed by atoms with van der Waals surface area (Å²) in [6.45, 7) is -0.424. The predicted octanol–water partition coefficient (Wildman–Crippen LogP) is -0.271. The number of ether oxygens (including phenoxy) is 1. The van der Waals surface area contributed by atoms with E-state index in [4.69, 9.17) is 4.74 Å². The number of benzene rings is 1. The number of aryl methyl sites for hydroxylation is 2. The van der Waals surface area contributed by atoms with E-state index in [0.717, 1.165) is 11.0 Å². The number of hydrogen-bond acceptors (Lipinski definition) is 5. The lowest BCUT2D eigenvalue weighted by Crippen LogP contribution is -2.39. The van der Waals surface area contributed by atoms with Crippen molar-refractivity contribution in [2.75, 3.05) is 13.7 Å². The maximum absolute atomic E-state index is 12.2. The van der Waals surface area contributed by atoms with E-state index in [9.17, 15) is 19.2 Å². The summed E-state index contributed by atoms with van der Waals surface area (Å²) in [5, 5.41) is 4.17. The maximum atomic E-state index is 12.2. The van der Waals surface area contributed by atoms with Crippen LogP contribution >= 0.6 is 0 Å². The van der Waals surface area contributed by atoms with Gasteiger partial charge >= 0.3 is 17.7 Å². The third-order valence-electron chi connectivity index (χ3n) is 3.44. The Morgan fingerprint density at radius 3 is 2.50 bits per heavy atom. The quantitative estimate of drug-likeness (QED) is 0.731. The van der Waals surface area contributed by atoms with E-state index in [0.29, 0.717) is 0 Å². The molecule has 128 valence electrons. The fraction of sp³-hybridized carbons (Fsp3) is 0.333. The number of fused-ring (bicyclic) bond motifs is 1. The van der Waals surface area contributed by atoms with Gasteiger partial charge in [-0.05, 0) is 12.1 Å². The van der Waals surface area contributed by atoms with E-state index in [2.05, 4.69) is 5.32 Å². The van der Waals surface area contributed by atoms with Gasteiger partial charge in [-0.15, -0.1) is 0 Å². The Balaban J connectivity index is 1.93. The molecule has 9 nitrogen and oxygen atoms in total. The van der Waals surface area contributed by atoms with Gasteiger partial charge < -0.3 is 10.1 Å². The van der Waals surface area contributed by atoms with Crippen molar-refractivity contribution < 1.29 is 19.1 Å². The Morgan fingerprint density at radius 2 is 1.83 bits per heavy atom. The van der Waals surface area contributed by atoms with Gasteiger partial charge in [-0.3, -0.25) is 24.0 Å². The molecular weight excluding hydrogens is 316 g/mol. The molecule has 0 saturated carbocycles. The normalized spacial score (nSPS) is 10.4. The van der Waals surface area contributed by atoms with E-state index < -0.39 is 24.5 Å². The number of para-hydroxylation sites is 2. The number of imidazole rings is 1. The lowest BCUT2D eigenvalue weighted by molar-refractivity contribution is -0.148. The van der Waals surface area contributed by atoms with Crippen LogP contribution in [0.15, 0.2) is 29.1 Å². The number of nitrogens with zero attached hydrogens (tertiary/aromatic N) is 2. The SMILES string of the molecule is CNC(=O)NC(=O)COC(=O)CCn1c(=O)n(C)c2ccccc21. The van der Waals surface area contributed by atoms with E-state index in [1.54, 1.807) is 19.2 Å². The van der Waals surface area contributed by atoms with Crippen LogP contribution in [0.25, 0.3) is 11.0 Å². The third-order valence-corrected chi connectivity index (χ3v) is 3.44. The number of amides is 3. The van der Waals surface area contributed by atoms with Gasteiger partial charge in [-0.1, -0.05) is 12.1 Å². The van der Waals surface area contributed by atoms with Gasteiger partial charge in [0.05, 0.1) is 17.5 Å². The number of rotatable bonds is 5. The Labute approximate surface area is 137 Å². The zero-order valence-electron chi connectivity index (χ0n) is 13.4. The lowest BCUT2D eigenvalue weighted by atomic mass is 10.3. The number of esters is 1. The van der Waals surface area contributed by atoms with Crippen molar-refractivity contribution in [3.63, 3.8) is 0 Å². The summed E-state index contributed by atoms with van der Waals surface area (Å²) < 4.78 is 7.75. The number of nitrogens with one attached hydrogen (secondary N) is 2. The van der Waals surface area contributed by atoms with Gasteiger partial charge in [-0.2, -0.15) is 0 Å². The standard InChI is InChI=1S/C15H18N4O5/c1-16-14(22)17-12(20)9-24-13(21)7-8-19-11-6-4-3-5-10(11)18(2)15(19)23/h3-6H,7-9H2,1-2H3,(H2,16,17,20,22). The zero-order chi connectivity index (χ0) is 17.7. The molecule has 3 amide bonds. The molecule has 0 radical (unpaired) electrons. The highest BCUT2D eigenvalue weighted by molar-refractivity contribution is 5.95. The number of carbonyl (C=O) groups excluding carboxylic acids is 3. The van der Waals surface area contributed by atoms with Gasteiger partial charge in [0, 0.05) is 20.6 Å². The molecule has 0 saturated heterocycles. The van der Waals surface area contributed by atoms with Crippen molar-refractivity contribution in [2.45, 2.75) is 13.0 Å². The van der Waals surface area contributed by atoms with Crippen molar-refractivity contribution in [1.82, 2.24) is 19.8 Å². The Morgan fingerprint density at radius 1 is 1.17 bits per heavy atom. The van der Waals surface area contributed by atoms with Crippen molar-refractivity contribution >= 4 is 28.9 Å². The second kappa shape index (κ2) is 7.44. The average Bonchev–Trinajstić information content (AvgIpc) is 2.82. The van der Waals surface area contributed by atoms with E-state index >= 15 is 0 Å². The van der Waals surface area contributed by atoms with Gasteiger partial charge in [0.1, 0.15) is 0 Å². The van der Waals surface area contributed by atoms with Crippen LogP contribution in [0.5, 0.6) is 0 Å². The fourth-order valence-electron chi connectivity index (χ4n) is 2.23. The Bertz CT molecular complexity index is 836. The van der Waals surface area contributed by atoms with Crippen LogP contribution < -0.4 is 16.3 Å². The molecule has 0 spiro atoms. The topological polar surface area (TPSA) is 111 Å². The molecule has 0 aliphatic carbocycles. The minimum atomic E-state index is -0.731. The minimum absolute atomic E-state index is 0.0683. The van der Waals surface area contributed by atoms with Crippen molar-refractivity contribution in [2.24, 2.45) is 7.05 Å². The number of hydrogen-bond donors (Lipinski definition) is 2. The second-order valence-electron chi connectivity index (χ2n) is 5.02. The first-order valence-electron chi connectivity index (χ1n) is 7.25. The second-order valence-corrected chi connectivity index (χ2v) is 5.02. The zero-order valence-corrected chi connectivity index (χ0v) is 13.4. The molecular formula is C15H18N4O5. The van der Waals surface area contributed by atoms with Crippen molar-refractivity contribution in [1.29, 1.82) is 0 Å². The maximum Gasteiger partial charge on any atom is 0.328 e. The van der Waals surface area contributed by atoms with Crippen molar-refractivity contribution in [3.05, 3.63) is 34.7 Å². The summed E-state index contributed by atoms with van der Waals surface area (Å²) in [7, 11) is 3.01. The van der Waals surface area contributed by atoms with Crippen LogP contribution in [0.2, 0.25) is 0 Å². The van der Waals surface area contributed by atoms with E-state index in [-0.39, 0.29) is 18.7 Å². The highest BCUT2D eigenvalue weighted by Crippen LogP contribution is 2.11. The number of imide groups is 1. The molecule has 0 atom stereocenters. The predicted molar refractivity (Wildman–Crippen MR) is 85.4 cm³/mol. The Hall–Kier alpha value is -3.10. The number of urea groups is 1. The largest absolute Gasteiger partial charge is 0.456 e. The molecule has 1 aromatic heterocycles. The van der Waals surface area contributed by atoms with Crippen LogP contribution in [0, 0.1) is 0 Å². The van der Waals surface area contributed by atoms with Crippen LogP contribution in [-0.4, -0.2) is 40.7 Å². The van der Waals surface area contributed by atoms with Crippen LogP contribution in [0.3, 0.4) is 0 Å². The monoisotopic (exact) mass is 334 g/mol. The van der Waals surface area contributed by atoms with Gasteiger partial charge in [-0.25, -0.2) is 9.59 Å². The smallest absolute Gasteiger partial charge is 0.328 e. The number of aromatic nitrogens is 2. The lowest BCUT2D eigenvalue weighted by Gasteiger charge is -2.06. The fourth-order valence-corrected chi connectivity index (χ4v) is 2.23. The van der Waals surface area contributed by atoms with Crippen LogP contribution in [-0.2, 0) is 27.9 Å². The molecule has 0 fully saturated rings. The molecule has 1 heterocycles. The summed E-state index contributed by atoms with van der Waals surface area (Å²) in [6, 6.07) is 6.55. The minimum Gasteiger partial charge on any atom is -0.456 e. The summed E-state index contributed by atoms with van der Waals surface area (Å²) in [6.07, 6.45) is -0.0683. The molecule has 2 aromatic rings. The molecule has 0 aliphatic heterocycles. The highest BCUT2D eigenvalue weighted by atomic mass is 16.5. The summed E-state index contributed by atoms with van der Waals surface area (Å²) >= 11 is 0. The molecule has 0 bridgehead atoms. The van der Waals surface area contributed by atoms with Crippen LogP contribution in [0.4, 0.5) is 4.79 Å². The molecule has 24 heavy (non-hydrogen) atoms. The van der Waals surface area contributed by atoms with Crippen LogP contribution in [0.1, 0.15) is 6.42 Å². The first kappa shape index (κ1) is 17.3. The highest BCUT2D eigenvalue weighted by Gasteiger charge is 2.13. The first-order valence-corrected chi connectivity index (χ1v) is 7.25. The molecule has 2 N–H and O–H groups in total. The van der Waals surface area contributed by atoms with Gasteiger partial charge in [0.2, 0.25) is 0 Å². The van der Waals surface area contributed by atoms with E-state index in [1.807, 2.05) is 17.4 Å².